The molecular formula is C10H14N2O6S2. The van der Waals surface area contributed by atoms with Crippen molar-refractivity contribution in [3.63, 3.8) is 0 Å². The first-order valence-electron chi connectivity index (χ1n) is 5.57. The fraction of sp³-hybridized carbons (Fsp3) is 0.400. The van der Waals surface area contributed by atoms with Crippen LogP contribution in [-0.4, -0.2) is 40.3 Å². The molecular weight excluding hydrogens is 308 g/mol. The summed E-state index contributed by atoms with van der Waals surface area (Å²) in [5.41, 5.74) is 0.514. The third-order valence-corrected chi connectivity index (χ3v) is 4.27. The molecule has 0 aliphatic heterocycles. The minimum absolute atomic E-state index is 0.00638. The van der Waals surface area contributed by atoms with E-state index in [1.807, 2.05) is 6.92 Å². The van der Waals surface area contributed by atoms with Gasteiger partial charge in [0.1, 0.15) is 0 Å². The Balaban J connectivity index is 2.75. The topological polar surface area (TPSA) is 122 Å². The molecule has 0 atom stereocenters. The van der Waals surface area contributed by atoms with Crippen LogP contribution in [0.25, 0.3) is 0 Å². The van der Waals surface area contributed by atoms with E-state index in [1.54, 1.807) is 0 Å². The van der Waals surface area contributed by atoms with Gasteiger partial charge in [-0.25, -0.2) is 12.6 Å². The summed E-state index contributed by atoms with van der Waals surface area (Å²) >= 11 is 0. The van der Waals surface area contributed by atoms with Gasteiger partial charge in [0.05, 0.1) is 29.5 Å². The molecule has 1 N–H and O–H groups in total. The van der Waals surface area contributed by atoms with Crippen molar-refractivity contribution in [3.05, 3.63) is 24.3 Å². The molecule has 8 nitrogen and oxygen atoms in total. The molecule has 0 spiro atoms. The second kappa shape index (κ2) is 6.88. The standard InChI is InChI=1S/C10H14N2O6S2/c1-2-11-12-9-3-5-10(6-4-9)19(13,14)8-7-18-20(15,16)17/h3-6H,2,7-8H2,1H3,(H,15,16,17)/b12-11+. The minimum Gasteiger partial charge on any atom is -0.264 e. The number of hydrogen-bond acceptors (Lipinski definition) is 7. The molecule has 112 valence electrons. The lowest BCUT2D eigenvalue weighted by molar-refractivity contribution is 0.284. The summed E-state index contributed by atoms with van der Waals surface area (Å²) in [4.78, 5) is 0.00638. The molecule has 0 saturated heterocycles. The molecule has 0 aromatic heterocycles. The molecule has 0 amide bonds. The monoisotopic (exact) mass is 322 g/mol. The highest BCUT2D eigenvalue weighted by Crippen LogP contribution is 2.18. The molecule has 0 unspecified atom stereocenters. The fourth-order valence-electron chi connectivity index (χ4n) is 1.24. The Kier molecular flexibility index (Phi) is 5.74. The Hall–Kier alpha value is -1.36. The zero-order valence-electron chi connectivity index (χ0n) is 10.6. The van der Waals surface area contributed by atoms with Crippen LogP contribution in [0.15, 0.2) is 39.4 Å². The van der Waals surface area contributed by atoms with Gasteiger partial charge in [0.25, 0.3) is 0 Å². The second-order valence-electron chi connectivity index (χ2n) is 3.62. The van der Waals surface area contributed by atoms with Crippen molar-refractivity contribution in [1.29, 1.82) is 0 Å². The summed E-state index contributed by atoms with van der Waals surface area (Å²) in [5.74, 6) is -0.567. The molecule has 10 heteroatoms. The van der Waals surface area contributed by atoms with Gasteiger partial charge in [-0.15, -0.1) is 0 Å². The van der Waals surface area contributed by atoms with Crippen molar-refractivity contribution in [3.8, 4) is 0 Å². The molecule has 0 heterocycles. The van der Waals surface area contributed by atoms with Crippen LogP contribution in [0.5, 0.6) is 0 Å². The van der Waals surface area contributed by atoms with Crippen LogP contribution in [0.1, 0.15) is 6.92 Å². The van der Waals surface area contributed by atoms with Crippen molar-refractivity contribution in [2.75, 3.05) is 18.9 Å². The van der Waals surface area contributed by atoms with Crippen LogP contribution in [0, 0.1) is 0 Å². The van der Waals surface area contributed by atoms with Crippen LogP contribution < -0.4 is 0 Å². The van der Waals surface area contributed by atoms with Gasteiger partial charge in [-0.3, -0.25) is 4.55 Å². The molecule has 0 saturated carbocycles. The molecule has 1 aromatic rings. The van der Waals surface area contributed by atoms with Crippen LogP contribution in [-0.2, 0) is 24.4 Å². The van der Waals surface area contributed by atoms with E-state index in [2.05, 4.69) is 14.4 Å². The molecule has 0 radical (unpaired) electrons. The van der Waals surface area contributed by atoms with E-state index >= 15 is 0 Å². The number of benzene rings is 1. The quantitative estimate of drug-likeness (QED) is 0.597. The Morgan fingerprint density at radius 2 is 1.75 bits per heavy atom. The Morgan fingerprint density at radius 1 is 1.15 bits per heavy atom. The Labute approximate surface area is 117 Å². The molecule has 0 aliphatic carbocycles. The maximum atomic E-state index is 11.8. The van der Waals surface area contributed by atoms with Gasteiger partial charge in [-0.2, -0.15) is 18.6 Å². The van der Waals surface area contributed by atoms with E-state index in [0.717, 1.165) is 0 Å². The van der Waals surface area contributed by atoms with Crippen molar-refractivity contribution in [1.82, 2.24) is 0 Å². The van der Waals surface area contributed by atoms with Crippen LogP contribution in [0.4, 0.5) is 5.69 Å². The molecule has 1 rings (SSSR count). The third-order valence-electron chi connectivity index (χ3n) is 2.11. The highest BCUT2D eigenvalue weighted by molar-refractivity contribution is 7.91. The Morgan fingerprint density at radius 3 is 2.25 bits per heavy atom. The molecule has 1 aromatic carbocycles. The Bertz CT molecular complexity index is 664. The molecule has 0 aliphatic rings. The van der Waals surface area contributed by atoms with Gasteiger partial charge in [0.15, 0.2) is 9.84 Å². The summed E-state index contributed by atoms with van der Waals surface area (Å²) in [5, 5.41) is 7.61. The SMILES string of the molecule is CC/N=N/c1ccc(S(=O)(=O)CCOS(=O)(=O)O)cc1. The zero-order chi connectivity index (χ0) is 15.2. The van der Waals surface area contributed by atoms with Gasteiger partial charge in [-0.1, -0.05) is 0 Å². The summed E-state index contributed by atoms with van der Waals surface area (Å²) in [6, 6.07) is 5.64. The smallest absolute Gasteiger partial charge is 0.264 e. The summed E-state index contributed by atoms with van der Waals surface area (Å²) in [7, 11) is -8.33. The lowest BCUT2D eigenvalue weighted by atomic mass is 10.3. The van der Waals surface area contributed by atoms with Gasteiger partial charge >= 0.3 is 10.4 Å². The van der Waals surface area contributed by atoms with Crippen LogP contribution in [0.3, 0.4) is 0 Å². The summed E-state index contributed by atoms with van der Waals surface area (Å²) in [6.07, 6.45) is 0. The number of hydrogen-bond donors (Lipinski definition) is 1. The summed E-state index contributed by atoms with van der Waals surface area (Å²) < 4.78 is 56.6. The van der Waals surface area contributed by atoms with Crippen molar-refractivity contribution >= 4 is 25.9 Å². The molecule has 0 fully saturated rings. The van der Waals surface area contributed by atoms with Crippen LogP contribution >= 0.6 is 0 Å². The first kappa shape index (κ1) is 16.7. The lowest BCUT2D eigenvalue weighted by Crippen LogP contribution is -2.15. The number of sulfone groups is 1. The number of rotatable bonds is 7. The predicted molar refractivity (Wildman–Crippen MR) is 71.1 cm³/mol. The van der Waals surface area contributed by atoms with E-state index in [-0.39, 0.29) is 4.90 Å². The van der Waals surface area contributed by atoms with Gasteiger partial charge in [0.2, 0.25) is 0 Å². The average Bonchev–Trinajstić information content (AvgIpc) is 2.35. The first-order valence-corrected chi connectivity index (χ1v) is 8.58. The van der Waals surface area contributed by atoms with E-state index in [0.29, 0.717) is 12.2 Å². The molecule has 0 bridgehead atoms. The van der Waals surface area contributed by atoms with E-state index in [9.17, 15) is 16.8 Å². The minimum atomic E-state index is -4.64. The fourth-order valence-corrected chi connectivity index (χ4v) is 2.73. The maximum absolute atomic E-state index is 11.8. The van der Waals surface area contributed by atoms with Crippen molar-refractivity contribution in [2.45, 2.75) is 11.8 Å². The third kappa shape index (κ3) is 5.74. The van der Waals surface area contributed by atoms with Gasteiger partial charge in [0, 0.05) is 0 Å². The van der Waals surface area contributed by atoms with Gasteiger partial charge < -0.3 is 0 Å². The average molecular weight is 322 g/mol. The van der Waals surface area contributed by atoms with Crippen LogP contribution in [0.2, 0.25) is 0 Å². The van der Waals surface area contributed by atoms with Crippen molar-refractivity contribution in [2.24, 2.45) is 10.2 Å². The summed E-state index contributed by atoms with van der Waals surface area (Å²) in [6.45, 7) is 1.68. The van der Waals surface area contributed by atoms with Crippen molar-refractivity contribution < 1.29 is 25.6 Å². The van der Waals surface area contributed by atoms with E-state index in [1.165, 1.54) is 24.3 Å². The highest BCUT2D eigenvalue weighted by atomic mass is 32.3. The largest absolute Gasteiger partial charge is 0.397 e. The zero-order valence-corrected chi connectivity index (χ0v) is 12.3. The number of nitrogens with zero attached hydrogens (tertiary/aromatic N) is 2. The number of azo groups is 1. The first-order chi connectivity index (χ1) is 9.24. The van der Waals surface area contributed by atoms with Gasteiger partial charge in [-0.05, 0) is 31.2 Å². The molecule has 20 heavy (non-hydrogen) atoms. The van der Waals surface area contributed by atoms with E-state index in [4.69, 9.17) is 4.55 Å². The normalized spacial score (nSPS) is 12.9. The van der Waals surface area contributed by atoms with E-state index < -0.39 is 32.6 Å². The second-order valence-corrected chi connectivity index (χ2v) is 6.82. The maximum Gasteiger partial charge on any atom is 0.397 e. The highest BCUT2D eigenvalue weighted by Gasteiger charge is 2.16. The lowest BCUT2D eigenvalue weighted by Gasteiger charge is -2.04. The predicted octanol–water partition coefficient (Wildman–Crippen LogP) is 1.38.